The van der Waals surface area contributed by atoms with E-state index in [4.69, 9.17) is 9.47 Å². The number of ether oxygens (including phenoxy) is 2. The number of rotatable bonds is 8. The summed E-state index contributed by atoms with van der Waals surface area (Å²) >= 11 is 0. The lowest BCUT2D eigenvalue weighted by Crippen LogP contribution is -2.30. The van der Waals surface area contributed by atoms with Crippen molar-refractivity contribution in [2.75, 3.05) is 11.9 Å². The Morgan fingerprint density at radius 3 is 2.46 bits per heavy atom. The third-order valence-electron chi connectivity index (χ3n) is 3.78. The first-order valence-corrected chi connectivity index (χ1v) is 8.70. The molecule has 1 N–H and O–H groups in total. The Hall–Kier alpha value is -2.82. The Labute approximate surface area is 154 Å². The fourth-order valence-corrected chi connectivity index (χ4v) is 2.30. The lowest BCUT2D eigenvalue weighted by Gasteiger charge is -2.14. The number of amides is 1. The van der Waals surface area contributed by atoms with E-state index in [0.29, 0.717) is 18.7 Å². The van der Waals surface area contributed by atoms with Crippen LogP contribution >= 0.6 is 0 Å². The van der Waals surface area contributed by atoms with E-state index in [1.807, 2.05) is 62.4 Å². The molecule has 0 saturated heterocycles. The molecule has 0 fully saturated rings. The van der Waals surface area contributed by atoms with Gasteiger partial charge in [0.1, 0.15) is 5.75 Å². The van der Waals surface area contributed by atoms with E-state index in [1.54, 1.807) is 6.92 Å². The van der Waals surface area contributed by atoms with Crippen molar-refractivity contribution < 1.29 is 19.1 Å². The van der Waals surface area contributed by atoms with Gasteiger partial charge in [0, 0.05) is 12.1 Å². The Balaban J connectivity index is 1.67. The zero-order chi connectivity index (χ0) is 18.9. The molecule has 0 aliphatic heterocycles. The summed E-state index contributed by atoms with van der Waals surface area (Å²) < 4.78 is 10.8. The standard InChI is InChI=1S/C21H25NO4/c1-15-9-11-18(12-10-15)22-21(24)17(3)26-20(23)8-5-13-25-19-7-4-6-16(2)14-19/h4,6-7,9-12,14,17H,5,8,13H2,1-3H3,(H,22,24)/t17-/m1/s1. The van der Waals surface area contributed by atoms with E-state index < -0.39 is 12.1 Å². The van der Waals surface area contributed by atoms with Crippen LogP contribution in [0.3, 0.4) is 0 Å². The summed E-state index contributed by atoms with van der Waals surface area (Å²) in [6.07, 6.45) is -0.117. The number of aryl methyl sites for hydroxylation is 2. The molecular formula is C21H25NO4. The molecule has 0 spiro atoms. The fraction of sp³-hybridized carbons (Fsp3) is 0.333. The second-order valence-corrected chi connectivity index (χ2v) is 6.26. The van der Waals surface area contributed by atoms with Crippen molar-refractivity contribution in [1.29, 1.82) is 0 Å². The van der Waals surface area contributed by atoms with Gasteiger partial charge >= 0.3 is 5.97 Å². The second-order valence-electron chi connectivity index (χ2n) is 6.26. The van der Waals surface area contributed by atoms with Gasteiger partial charge in [0.25, 0.3) is 5.91 Å². The molecule has 0 radical (unpaired) electrons. The molecule has 5 heteroatoms. The fourth-order valence-electron chi connectivity index (χ4n) is 2.30. The number of hydrogen-bond acceptors (Lipinski definition) is 4. The molecule has 0 aliphatic rings. The molecule has 0 bridgehead atoms. The van der Waals surface area contributed by atoms with Crippen LogP contribution in [0.1, 0.15) is 30.9 Å². The molecule has 0 unspecified atom stereocenters. The van der Waals surface area contributed by atoms with E-state index in [1.165, 1.54) is 0 Å². The third kappa shape index (κ3) is 6.59. The van der Waals surface area contributed by atoms with Crippen molar-refractivity contribution in [3.63, 3.8) is 0 Å². The summed E-state index contributed by atoms with van der Waals surface area (Å²) in [5.74, 6) is 0.0202. The monoisotopic (exact) mass is 355 g/mol. The summed E-state index contributed by atoms with van der Waals surface area (Å²) in [7, 11) is 0. The maximum atomic E-state index is 12.1. The van der Waals surface area contributed by atoms with Crippen LogP contribution in [0.4, 0.5) is 5.69 Å². The van der Waals surface area contributed by atoms with E-state index in [0.717, 1.165) is 16.9 Å². The largest absolute Gasteiger partial charge is 0.494 e. The molecule has 2 rings (SSSR count). The van der Waals surface area contributed by atoms with Gasteiger partial charge < -0.3 is 14.8 Å². The van der Waals surface area contributed by atoms with E-state index >= 15 is 0 Å². The summed E-state index contributed by atoms with van der Waals surface area (Å²) in [4.78, 5) is 23.9. The maximum Gasteiger partial charge on any atom is 0.306 e. The van der Waals surface area contributed by atoms with Gasteiger partial charge in [-0.25, -0.2) is 0 Å². The number of carbonyl (C=O) groups excluding carboxylic acids is 2. The Morgan fingerprint density at radius 2 is 1.77 bits per heavy atom. The quantitative estimate of drug-likeness (QED) is 0.573. The topological polar surface area (TPSA) is 64.6 Å². The SMILES string of the molecule is Cc1ccc(NC(=O)[C@@H](C)OC(=O)CCCOc2cccc(C)c2)cc1. The van der Waals surface area contributed by atoms with Crippen molar-refractivity contribution in [2.45, 2.75) is 39.7 Å². The summed E-state index contributed by atoms with van der Waals surface area (Å²) in [6.45, 7) is 5.94. The minimum absolute atomic E-state index is 0.202. The van der Waals surface area contributed by atoms with Gasteiger partial charge in [-0.15, -0.1) is 0 Å². The van der Waals surface area contributed by atoms with E-state index in [-0.39, 0.29) is 12.3 Å². The van der Waals surface area contributed by atoms with Crippen molar-refractivity contribution in [2.24, 2.45) is 0 Å². The highest BCUT2D eigenvalue weighted by molar-refractivity contribution is 5.95. The summed E-state index contributed by atoms with van der Waals surface area (Å²) in [6, 6.07) is 15.2. The zero-order valence-corrected chi connectivity index (χ0v) is 15.5. The van der Waals surface area contributed by atoms with Crippen LogP contribution in [0.5, 0.6) is 5.75 Å². The van der Waals surface area contributed by atoms with Gasteiger partial charge in [-0.3, -0.25) is 9.59 Å². The van der Waals surface area contributed by atoms with Crippen LogP contribution < -0.4 is 10.1 Å². The maximum absolute atomic E-state index is 12.1. The molecule has 0 saturated carbocycles. The number of hydrogen-bond donors (Lipinski definition) is 1. The molecule has 138 valence electrons. The lowest BCUT2D eigenvalue weighted by molar-refractivity contribution is -0.153. The molecule has 0 aliphatic carbocycles. The predicted molar refractivity (Wildman–Crippen MR) is 101 cm³/mol. The van der Waals surface area contributed by atoms with Gasteiger partial charge in [0.05, 0.1) is 6.61 Å². The molecule has 26 heavy (non-hydrogen) atoms. The molecular weight excluding hydrogens is 330 g/mol. The van der Waals surface area contributed by atoms with Crippen molar-refractivity contribution in [1.82, 2.24) is 0 Å². The van der Waals surface area contributed by atoms with Crippen LogP contribution in [0.2, 0.25) is 0 Å². The van der Waals surface area contributed by atoms with Crippen molar-refractivity contribution in [3.8, 4) is 5.75 Å². The number of anilines is 1. The summed E-state index contributed by atoms with van der Waals surface area (Å²) in [5, 5.41) is 2.73. The number of benzene rings is 2. The molecule has 1 amide bonds. The number of nitrogens with one attached hydrogen (secondary N) is 1. The Morgan fingerprint density at radius 1 is 1.04 bits per heavy atom. The first-order chi connectivity index (χ1) is 12.4. The molecule has 2 aromatic rings. The highest BCUT2D eigenvalue weighted by Crippen LogP contribution is 2.13. The van der Waals surface area contributed by atoms with E-state index in [9.17, 15) is 9.59 Å². The zero-order valence-electron chi connectivity index (χ0n) is 15.5. The second kappa shape index (κ2) is 9.61. The molecule has 0 heterocycles. The highest BCUT2D eigenvalue weighted by atomic mass is 16.5. The van der Waals surface area contributed by atoms with Crippen LogP contribution in [0.15, 0.2) is 48.5 Å². The van der Waals surface area contributed by atoms with Gasteiger partial charge in [-0.05, 0) is 57.0 Å². The average molecular weight is 355 g/mol. The Bertz CT molecular complexity index is 740. The molecule has 5 nitrogen and oxygen atoms in total. The minimum Gasteiger partial charge on any atom is -0.494 e. The van der Waals surface area contributed by atoms with Gasteiger partial charge in [-0.1, -0.05) is 29.8 Å². The van der Waals surface area contributed by atoms with Crippen molar-refractivity contribution >= 4 is 17.6 Å². The number of carbonyl (C=O) groups is 2. The third-order valence-corrected chi connectivity index (χ3v) is 3.78. The van der Waals surface area contributed by atoms with Gasteiger partial charge in [0.15, 0.2) is 6.10 Å². The predicted octanol–water partition coefficient (Wildman–Crippen LogP) is 4.03. The first kappa shape index (κ1) is 19.5. The minimum atomic E-state index is -0.846. The first-order valence-electron chi connectivity index (χ1n) is 8.70. The lowest BCUT2D eigenvalue weighted by atomic mass is 10.2. The van der Waals surface area contributed by atoms with Crippen molar-refractivity contribution in [3.05, 3.63) is 59.7 Å². The molecule has 0 aromatic heterocycles. The van der Waals surface area contributed by atoms with Gasteiger partial charge in [-0.2, -0.15) is 0 Å². The van der Waals surface area contributed by atoms with Crippen LogP contribution in [-0.2, 0) is 14.3 Å². The van der Waals surface area contributed by atoms with Gasteiger partial charge in [0.2, 0.25) is 0 Å². The average Bonchev–Trinajstić information content (AvgIpc) is 2.60. The highest BCUT2D eigenvalue weighted by Gasteiger charge is 2.17. The Kier molecular flexibility index (Phi) is 7.21. The number of esters is 1. The smallest absolute Gasteiger partial charge is 0.306 e. The van der Waals surface area contributed by atoms with E-state index in [2.05, 4.69) is 5.32 Å². The molecule has 1 atom stereocenters. The van der Waals surface area contributed by atoms with Crippen LogP contribution in [0.25, 0.3) is 0 Å². The normalized spacial score (nSPS) is 11.5. The van der Waals surface area contributed by atoms with Crippen LogP contribution in [-0.4, -0.2) is 24.6 Å². The summed E-state index contributed by atoms with van der Waals surface area (Å²) in [5.41, 5.74) is 2.90. The van der Waals surface area contributed by atoms with Crippen LogP contribution in [0, 0.1) is 13.8 Å². The molecule has 2 aromatic carbocycles.